The Morgan fingerprint density at radius 1 is 1.25 bits per heavy atom. The van der Waals surface area contributed by atoms with E-state index in [-0.39, 0.29) is 12.4 Å². The van der Waals surface area contributed by atoms with Gasteiger partial charge in [-0.05, 0) is 17.7 Å². The third-order valence-corrected chi connectivity index (χ3v) is 2.22. The van der Waals surface area contributed by atoms with Crippen LogP contribution in [0.1, 0.15) is 11.6 Å². The molecule has 1 aliphatic rings. The fourth-order valence-corrected chi connectivity index (χ4v) is 1.47. The molecule has 0 amide bonds. The van der Waals surface area contributed by atoms with Gasteiger partial charge in [-0.3, -0.25) is 5.84 Å². The predicted octanol–water partition coefficient (Wildman–Crippen LogP) is 1.48. The lowest BCUT2D eigenvalue weighted by molar-refractivity contribution is -0.157. The van der Waals surface area contributed by atoms with E-state index >= 15 is 0 Å². The molecule has 4 nitrogen and oxygen atoms in total. The summed E-state index contributed by atoms with van der Waals surface area (Å²) < 4.78 is 47.6. The lowest BCUT2D eigenvalue weighted by Gasteiger charge is -2.19. The van der Waals surface area contributed by atoms with E-state index in [1.807, 2.05) is 0 Å². The van der Waals surface area contributed by atoms with Crippen molar-refractivity contribution in [2.24, 2.45) is 5.84 Å². The van der Waals surface area contributed by atoms with Crippen LogP contribution in [-0.4, -0.2) is 13.0 Å². The second-order valence-corrected chi connectivity index (χ2v) is 3.25. The number of ether oxygens (including phenoxy) is 2. The van der Waals surface area contributed by atoms with Crippen LogP contribution in [0.3, 0.4) is 0 Å². The summed E-state index contributed by atoms with van der Waals surface area (Å²) in [6.45, 7) is 0.0194. The lowest BCUT2D eigenvalue weighted by atomic mass is 10.1. The molecule has 1 atom stereocenters. The van der Waals surface area contributed by atoms with Crippen molar-refractivity contribution in [1.82, 2.24) is 5.43 Å². The average Bonchev–Trinajstić information content (AvgIpc) is 2.63. The Hall–Kier alpha value is -1.47. The summed E-state index contributed by atoms with van der Waals surface area (Å²) in [5.41, 5.74) is 1.71. The average molecular weight is 234 g/mol. The molecule has 0 bridgehead atoms. The van der Waals surface area contributed by atoms with Crippen LogP contribution in [0.2, 0.25) is 0 Å². The predicted molar refractivity (Wildman–Crippen MR) is 48.7 cm³/mol. The van der Waals surface area contributed by atoms with Gasteiger partial charge in [-0.2, -0.15) is 13.2 Å². The molecular formula is C9H9F3N2O2. The van der Waals surface area contributed by atoms with E-state index in [9.17, 15) is 13.2 Å². The first-order chi connectivity index (χ1) is 7.52. The van der Waals surface area contributed by atoms with E-state index in [4.69, 9.17) is 15.3 Å². The first-order valence-electron chi connectivity index (χ1n) is 4.45. The Balaban J connectivity index is 2.33. The number of hydrazine groups is 1. The summed E-state index contributed by atoms with van der Waals surface area (Å²) in [5.74, 6) is 5.62. The minimum absolute atomic E-state index is 0.0146. The zero-order valence-electron chi connectivity index (χ0n) is 8.04. The van der Waals surface area contributed by atoms with Crippen LogP contribution in [0.5, 0.6) is 11.5 Å². The molecule has 7 heteroatoms. The Bertz CT molecular complexity index is 395. The number of alkyl halides is 3. The lowest BCUT2D eigenvalue weighted by Crippen LogP contribution is -2.38. The standard InChI is InChI=1S/C9H9F3N2O2/c10-9(11,12)8(14-13)5-1-2-6-7(3-5)16-4-15-6/h1-3,8,14H,4,13H2/t8-/m0/s1. The molecule has 1 aromatic rings. The first kappa shape index (κ1) is 11.0. The van der Waals surface area contributed by atoms with Gasteiger partial charge >= 0.3 is 6.18 Å². The quantitative estimate of drug-likeness (QED) is 0.601. The molecular weight excluding hydrogens is 225 g/mol. The maximum absolute atomic E-state index is 12.5. The Morgan fingerprint density at radius 2 is 1.94 bits per heavy atom. The molecule has 1 aromatic carbocycles. The Morgan fingerprint density at radius 3 is 2.56 bits per heavy atom. The Labute approximate surface area is 89.1 Å². The van der Waals surface area contributed by atoms with Gasteiger partial charge in [0.25, 0.3) is 0 Å². The number of hydrogen-bond acceptors (Lipinski definition) is 4. The second-order valence-electron chi connectivity index (χ2n) is 3.25. The number of nitrogens with one attached hydrogen (secondary N) is 1. The van der Waals surface area contributed by atoms with Crippen LogP contribution in [0.25, 0.3) is 0 Å². The molecule has 88 valence electrons. The van der Waals surface area contributed by atoms with Crippen LogP contribution in [0.4, 0.5) is 13.2 Å². The number of rotatable bonds is 2. The van der Waals surface area contributed by atoms with Crippen molar-refractivity contribution in [3.05, 3.63) is 23.8 Å². The van der Waals surface area contributed by atoms with Gasteiger partial charge in [-0.25, -0.2) is 5.43 Å². The molecule has 0 saturated heterocycles. The van der Waals surface area contributed by atoms with Gasteiger partial charge in [0, 0.05) is 0 Å². The zero-order chi connectivity index (χ0) is 11.8. The van der Waals surface area contributed by atoms with Crippen LogP contribution in [0.15, 0.2) is 18.2 Å². The number of benzene rings is 1. The monoisotopic (exact) mass is 234 g/mol. The molecule has 0 radical (unpaired) electrons. The summed E-state index contributed by atoms with van der Waals surface area (Å²) in [6.07, 6.45) is -4.46. The van der Waals surface area contributed by atoms with Crippen molar-refractivity contribution in [1.29, 1.82) is 0 Å². The fraction of sp³-hybridized carbons (Fsp3) is 0.333. The van der Waals surface area contributed by atoms with Crippen LogP contribution in [0, 0.1) is 0 Å². The third kappa shape index (κ3) is 1.91. The molecule has 0 unspecified atom stereocenters. The zero-order valence-corrected chi connectivity index (χ0v) is 8.04. The molecule has 2 rings (SSSR count). The van der Waals surface area contributed by atoms with Crippen molar-refractivity contribution >= 4 is 0 Å². The SMILES string of the molecule is NN[C@@H](c1ccc2c(c1)OCO2)C(F)(F)F. The van der Waals surface area contributed by atoms with Crippen molar-refractivity contribution < 1.29 is 22.6 Å². The molecule has 16 heavy (non-hydrogen) atoms. The molecule has 0 spiro atoms. The minimum atomic E-state index is -4.46. The number of halogens is 3. The normalized spacial score (nSPS) is 16.2. The summed E-state index contributed by atoms with van der Waals surface area (Å²) >= 11 is 0. The molecule has 1 aliphatic heterocycles. The summed E-state index contributed by atoms with van der Waals surface area (Å²) in [5, 5.41) is 0. The highest BCUT2D eigenvalue weighted by Crippen LogP contribution is 2.38. The second kappa shape index (κ2) is 3.84. The van der Waals surface area contributed by atoms with Crippen molar-refractivity contribution in [2.45, 2.75) is 12.2 Å². The minimum Gasteiger partial charge on any atom is -0.454 e. The molecule has 0 saturated carbocycles. The van der Waals surface area contributed by atoms with Gasteiger partial charge in [0.05, 0.1) is 0 Å². The topological polar surface area (TPSA) is 56.5 Å². The van der Waals surface area contributed by atoms with Crippen LogP contribution >= 0.6 is 0 Å². The van der Waals surface area contributed by atoms with Crippen molar-refractivity contribution in [3.8, 4) is 11.5 Å². The van der Waals surface area contributed by atoms with Crippen LogP contribution in [-0.2, 0) is 0 Å². The Kier molecular flexibility index (Phi) is 2.64. The number of fused-ring (bicyclic) bond motifs is 1. The number of hydrogen-bond donors (Lipinski definition) is 2. The van der Waals surface area contributed by atoms with E-state index in [1.165, 1.54) is 18.2 Å². The van der Waals surface area contributed by atoms with E-state index < -0.39 is 12.2 Å². The molecule has 0 aliphatic carbocycles. The summed E-state index contributed by atoms with van der Waals surface area (Å²) in [4.78, 5) is 0. The van der Waals surface area contributed by atoms with E-state index in [2.05, 4.69) is 0 Å². The van der Waals surface area contributed by atoms with E-state index in [0.29, 0.717) is 11.5 Å². The van der Waals surface area contributed by atoms with Crippen molar-refractivity contribution in [2.75, 3.05) is 6.79 Å². The van der Waals surface area contributed by atoms with Gasteiger partial charge in [-0.1, -0.05) is 6.07 Å². The molecule has 0 fully saturated rings. The third-order valence-electron chi connectivity index (χ3n) is 2.22. The highest BCUT2D eigenvalue weighted by molar-refractivity contribution is 5.45. The summed E-state index contributed by atoms with van der Waals surface area (Å²) in [7, 11) is 0. The molecule has 0 aromatic heterocycles. The summed E-state index contributed by atoms with van der Waals surface area (Å²) in [6, 6.07) is 2.07. The van der Waals surface area contributed by atoms with E-state index in [0.717, 1.165) is 0 Å². The van der Waals surface area contributed by atoms with Crippen molar-refractivity contribution in [3.63, 3.8) is 0 Å². The maximum Gasteiger partial charge on any atom is 0.409 e. The maximum atomic E-state index is 12.5. The van der Waals surface area contributed by atoms with Gasteiger partial charge in [0.2, 0.25) is 6.79 Å². The fourth-order valence-electron chi connectivity index (χ4n) is 1.47. The van der Waals surface area contributed by atoms with Gasteiger partial charge in [-0.15, -0.1) is 0 Å². The molecule has 1 heterocycles. The van der Waals surface area contributed by atoms with Gasteiger partial charge in [0.1, 0.15) is 6.04 Å². The highest BCUT2D eigenvalue weighted by atomic mass is 19.4. The van der Waals surface area contributed by atoms with Crippen LogP contribution < -0.4 is 20.7 Å². The van der Waals surface area contributed by atoms with Gasteiger partial charge < -0.3 is 9.47 Å². The smallest absolute Gasteiger partial charge is 0.409 e. The van der Waals surface area contributed by atoms with E-state index in [1.54, 1.807) is 5.43 Å². The largest absolute Gasteiger partial charge is 0.454 e. The molecule has 3 N–H and O–H groups in total. The number of nitrogens with two attached hydrogens (primary N) is 1. The highest BCUT2D eigenvalue weighted by Gasteiger charge is 2.40. The van der Waals surface area contributed by atoms with Gasteiger partial charge in [0.15, 0.2) is 11.5 Å². The first-order valence-corrected chi connectivity index (χ1v) is 4.45.